The predicted molar refractivity (Wildman–Crippen MR) is 61.2 cm³/mol. The van der Waals surface area contributed by atoms with Gasteiger partial charge in [0.05, 0.1) is 12.6 Å². The number of nitrogens with zero attached hydrogens (tertiary/aromatic N) is 1. The van der Waals surface area contributed by atoms with E-state index in [9.17, 15) is 9.59 Å². The van der Waals surface area contributed by atoms with Gasteiger partial charge < -0.3 is 10.5 Å². The average Bonchev–Trinajstić information content (AvgIpc) is 2.76. The molecule has 17 heavy (non-hydrogen) atoms. The smallest absolute Gasteiger partial charge is 0.416 e. The van der Waals surface area contributed by atoms with Crippen LogP contribution in [0.3, 0.4) is 0 Å². The van der Waals surface area contributed by atoms with E-state index in [0.717, 1.165) is 10.5 Å². The van der Waals surface area contributed by atoms with Gasteiger partial charge >= 0.3 is 6.09 Å². The first-order valence-electron chi connectivity index (χ1n) is 5.46. The minimum absolute atomic E-state index is 0.253. The summed E-state index contributed by atoms with van der Waals surface area (Å²) in [5.41, 5.74) is 6.77. The number of rotatable bonds is 3. The normalized spacial score (nSPS) is 16.8. The summed E-state index contributed by atoms with van der Waals surface area (Å²) in [5, 5.41) is 0. The minimum Gasteiger partial charge on any atom is -0.447 e. The van der Waals surface area contributed by atoms with Crippen LogP contribution in [0.5, 0.6) is 0 Å². The van der Waals surface area contributed by atoms with E-state index in [1.807, 2.05) is 30.3 Å². The first-order valence-corrected chi connectivity index (χ1v) is 5.46. The third-order valence-corrected chi connectivity index (χ3v) is 2.64. The fourth-order valence-corrected chi connectivity index (χ4v) is 1.75. The van der Waals surface area contributed by atoms with Gasteiger partial charge in [0.2, 0.25) is 5.91 Å². The summed E-state index contributed by atoms with van der Waals surface area (Å²) in [6.45, 7) is 0.544. The lowest BCUT2D eigenvalue weighted by atomic mass is 10.1. The van der Waals surface area contributed by atoms with Crippen molar-refractivity contribution in [3.05, 3.63) is 35.9 Å². The molecule has 1 heterocycles. The fraction of sp³-hybridized carbons (Fsp3) is 0.333. The molecule has 1 unspecified atom stereocenters. The Labute approximate surface area is 99.2 Å². The molecule has 1 aromatic carbocycles. The van der Waals surface area contributed by atoms with Gasteiger partial charge in [0.15, 0.2) is 0 Å². The van der Waals surface area contributed by atoms with Crippen LogP contribution in [-0.4, -0.2) is 36.1 Å². The maximum Gasteiger partial charge on any atom is 0.416 e. The summed E-state index contributed by atoms with van der Waals surface area (Å²) in [6.07, 6.45) is -0.179. The molecule has 1 aliphatic rings. The highest BCUT2D eigenvalue weighted by atomic mass is 16.6. The summed E-state index contributed by atoms with van der Waals surface area (Å²) in [6, 6.07) is 8.76. The monoisotopic (exact) mass is 234 g/mol. The second-order valence-electron chi connectivity index (χ2n) is 3.90. The molecule has 1 saturated heterocycles. The SMILES string of the molecule is NC(Cc1ccccc1)C(=O)N1CCOC1=O. The number of benzene rings is 1. The zero-order chi connectivity index (χ0) is 12.3. The van der Waals surface area contributed by atoms with Crippen LogP contribution in [0.25, 0.3) is 0 Å². The predicted octanol–water partition coefficient (Wildman–Crippen LogP) is 0.535. The number of carbonyl (C=O) groups is 2. The topological polar surface area (TPSA) is 72.6 Å². The Morgan fingerprint density at radius 3 is 2.71 bits per heavy atom. The van der Waals surface area contributed by atoms with E-state index in [1.54, 1.807) is 0 Å². The molecule has 1 fully saturated rings. The lowest BCUT2D eigenvalue weighted by Gasteiger charge is -2.16. The van der Waals surface area contributed by atoms with Crippen molar-refractivity contribution >= 4 is 12.0 Å². The molecule has 1 atom stereocenters. The standard InChI is InChI=1S/C12H14N2O3/c13-10(8-9-4-2-1-3-5-9)11(15)14-6-7-17-12(14)16/h1-5,10H,6-8,13H2. The maximum absolute atomic E-state index is 11.9. The largest absolute Gasteiger partial charge is 0.447 e. The van der Waals surface area contributed by atoms with Gasteiger partial charge in [-0.1, -0.05) is 30.3 Å². The molecular formula is C12H14N2O3. The van der Waals surface area contributed by atoms with Gasteiger partial charge in [-0.3, -0.25) is 4.79 Å². The van der Waals surface area contributed by atoms with Crippen LogP contribution < -0.4 is 5.73 Å². The molecule has 5 nitrogen and oxygen atoms in total. The second-order valence-corrected chi connectivity index (χ2v) is 3.90. The molecule has 2 amide bonds. The highest BCUT2D eigenvalue weighted by Gasteiger charge is 2.31. The van der Waals surface area contributed by atoms with Gasteiger partial charge in [0.25, 0.3) is 0 Å². The van der Waals surface area contributed by atoms with Crippen molar-refractivity contribution in [2.75, 3.05) is 13.2 Å². The van der Waals surface area contributed by atoms with E-state index in [4.69, 9.17) is 10.5 Å². The van der Waals surface area contributed by atoms with Gasteiger partial charge in [-0.05, 0) is 12.0 Å². The lowest BCUT2D eigenvalue weighted by Crippen LogP contribution is -2.45. The molecule has 1 aromatic rings. The number of ether oxygens (including phenoxy) is 1. The third-order valence-electron chi connectivity index (χ3n) is 2.64. The Morgan fingerprint density at radius 1 is 1.41 bits per heavy atom. The van der Waals surface area contributed by atoms with Crippen LogP contribution in [-0.2, 0) is 16.0 Å². The quantitative estimate of drug-likeness (QED) is 0.828. The number of nitrogens with two attached hydrogens (primary N) is 1. The summed E-state index contributed by atoms with van der Waals surface area (Å²) >= 11 is 0. The Kier molecular flexibility index (Phi) is 3.39. The van der Waals surface area contributed by atoms with Gasteiger partial charge in [0, 0.05) is 0 Å². The molecule has 5 heteroatoms. The van der Waals surface area contributed by atoms with Crippen molar-refractivity contribution in [2.45, 2.75) is 12.5 Å². The third kappa shape index (κ3) is 2.62. The molecule has 2 rings (SSSR count). The van der Waals surface area contributed by atoms with E-state index >= 15 is 0 Å². The first-order chi connectivity index (χ1) is 8.18. The number of hydrogen-bond acceptors (Lipinski definition) is 4. The molecule has 0 bridgehead atoms. The van der Waals surface area contributed by atoms with E-state index in [-0.39, 0.29) is 12.5 Å². The van der Waals surface area contributed by atoms with Crippen LogP contribution in [0, 0.1) is 0 Å². The summed E-state index contributed by atoms with van der Waals surface area (Å²) < 4.78 is 4.70. The summed E-state index contributed by atoms with van der Waals surface area (Å²) in [4.78, 5) is 24.1. The van der Waals surface area contributed by atoms with Crippen molar-refractivity contribution in [3.8, 4) is 0 Å². The van der Waals surface area contributed by atoms with Crippen molar-refractivity contribution in [3.63, 3.8) is 0 Å². The van der Waals surface area contributed by atoms with Crippen LogP contribution in [0.4, 0.5) is 4.79 Å². The Balaban J connectivity index is 1.98. The van der Waals surface area contributed by atoms with Crippen molar-refractivity contribution < 1.29 is 14.3 Å². The highest BCUT2D eigenvalue weighted by Crippen LogP contribution is 2.08. The molecule has 90 valence electrons. The van der Waals surface area contributed by atoms with Crippen molar-refractivity contribution in [1.82, 2.24) is 4.90 Å². The maximum atomic E-state index is 11.9. The first kappa shape index (κ1) is 11.6. The summed E-state index contributed by atoms with van der Waals surface area (Å²) in [5.74, 6) is -0.378. The molecule has 1 aliphatic heterocycles. The Hall–Kier alpha value is -1.88. The minimum atomic E-state index is -0.706. The molecular weight excluding hydrogens is 220 g/mol. The Morgan fingerprint density at radius 2 is 2.12 bits per heavy atom. The van der Waals surface area contributed by atoms with Gasteiger partial charge in [-0.15, -0.1) is 0 Å². The molecule has 0 spiro atoms. The van der Waals surface area contributed by atoms with Crippen LogP contribution in [0.2, 0.25) is 0 Å². The fourth-order valence-electron chi connectivity index (χ4n) is 1.75. The van der Waals surface area contributed by atoms with Gasteiger partial charge in [-0.25, -0.2) is 9.69 Å². The van der Waals surface area contributed by atoms with Crippen molar-refractivity contribution in [1.29, 1.82) is 0 Å². The molecule has 0 aromatic heterocycles. The average molecular weight is 234 g/mol. The van der Waals surface area contributed by atoms with Crippen molar-refractivity contribution in [2.24, 2.45) is 5.73 Å². The number of imide groups is 1. The highest BCUT2D eigenvalue weighted by molar-refractivity contribution is 5.95. The van der Waals surface area contributed by atoms with Crippen LogP contribution >= 0.6 is 0 Å². The van der Waals surface area contributed by atoms with E-state index in [2.05, 4.69) is 0 Å². The number of amides is 2. The van der Waals surface area contributed by atoms with E-state index < -0.39 is 12.1 Å². The lowest BCUT2D eigenvalue weighted by molar-refractivity contribution is -0.129. The number of carbonyl (C=O) groups excluding carboxylic acids is 2. The number of cyclic esters (lactones) is 1. The zero-order valence-corrected chi connectivity index (χ0v) is 9.33. The summed E-state index contributed by atoms with van der Waals surface area (Å²) in [7, 11) is 0. The molecule has 0 aliphatic carbocycles. The van der Waals surface area contributed by atoms with Gasteiger partial charge in [0.1, 0.15) is 6.61 Å². The molecule has 2 N–H and O–H groups in total. The van der Waals surface area contributed by atoms with Gasteiger partial charge in [-0.2, -0.15) is 0 Å². The Bertz CT molecular complexity index is 419. The van der Waals surface area contributed by atoms with E-state index in [1.165, 1.54) is 0 Å². The van der Waals surface area contributed by atoms with Crippen LogP contribution in [0.15, 0.2) is 30.3 Å². The van der Waals surface area contributed by atoms with E-state index in [0.29, 0.717) is 13.0 Å². The molecule has 0 saturated carbocycles. The molecule has 0 radical (unpaired) electrons. The second kappa shape index (κ2) is 4.97. The number of hydrogen-bond donors (Lipinski definition) is 1. The zero-order valence-electron chi connectivity index (χ0n) is 9.33. The van der Waals surface area contributed by atoms with Crippen LogP contribution in [0.1, 0.15) is 5.56 Å².